The van der Waals surface area contributed by atoms with Gasteiger partial charge in [0.15, 0.2) is 0 Å². The Morgan fingerprint density at radius 2 is 2.00 bits per heavy atom. The normalized spacial score (nSPS) is 10.6. The summed E-state index contributed by atoms with van der Waals surface area (Å²) >= 11 is 0. The summed E-state index contributed by atoms with van der Waals surface area (Å²) in [4.78, 5) is 15.9. The van der Waals surface area contributed by atoms with E-state index in [0.29, 0.717) is 17.0 Å². The molecule has 3 aromatic heterocycles. The Hall–Kier alpha value is -2.82. The van der Waals surface area contributed by atoms with Crippen LogP contribution in [0.15, 0.2) is 42.0 Å². The van der Waals surface area contributed by atoms with Crippen LogP contribution in [-0.4, -0.2) is 28.2 Å². The Morgan fingerprint density at radius 3 is 2.65 bits per heavy atom. The van der Waals surface area contributed by atoms with Gasteiger partial charge in [-0.05, 0) is 24.3 Å². The molecule has 0 fully saturated rings. The van der Waals surface area contributed by atoms with Crippen molar-refractivity contribution in [1.82, 2.24) is 15.0 Å². The van der Waals surface area contributed by atoms with Gasteiger partial charge in [0.1, 0.15) is 11.5 Å². The molecule has 0 atom stereocenters. The Balaban J connectivity index is 0.000000924. The Bertz CT molecular complexity index is 849. The molecule has 3 aromatic rings. The van der Waals surface area contributed by atoms with Crippen molar-refractivity contribution in [1.29, 1.82) is 0 Å². The van der Waals surface area contributed by atoms with Gasteiger partial charge in [-0.25, -0.2) is 9.37 Å². The highest BCUT2D eigenvalue weighted by Crippen LogP contribution is 2.24. The summed E-state index contributed by atoms with van der Waals surface area (Å²) in [5, 5.41) is 0.940. The van der Waals surface area contributed by atoms with Crippen LogP contribution in [0.1, 0.15) is 25.1 Å². The largest absolute Gasteiger partial charge is 0.339 e. The average Bonchev–Trinajstić information content (AvgIpc) is 2.94. The lowest BCUT2D eigenvalue weighted by atomic mass is 10.1. The van der Waals surface area contributed by atoms with Crippen LogP contribution in [0.2, 0.25) is 0 Å². The number of aromatic amines is 1. The summed E-state index contributed by atoms with van der Waals surface area (Å²) in [7, 11) is 1.71. The van der Waals surface area contributed by atoms with Gasteiger partial charge < -0.3 is 4.98 Å². The summed E-state index contributed by atoms with van der Waals surface area (Å²) in [5.74, 6) is -0.334. The SMILES string of the molecule is C=Cc1[nH]c2nc(-c3cc(F)ccn3)ccc2c1C=NC.CC. The summed E-state index contributed by atoms with van der Waals surface area (Å²) in [6.45, 7) is 7.78. The molecule has 0 saturated heterocycles. The predicted octanol–water partition coefficient (Wildman–Crippen LogP) is 4.48. The third-order valence-corrected chi connectivity index (χ3v) is 3.18. The number of H-pyrrole nitrogens is 1. The van der Waals surface area contributed by atoms with E-state index in [9.17, 15) is 4.39 Å². The zero-order chi connectivity index (χ0) is 16.8. The maximum atomic E-state index is 13.3. The first-order valence-corrected chi connectivity index (χ1v) is 7.42. The second-order valence-electron chi connectivity index (χ2n) is 4.50. The van der Waals surface area contributed by atoms with E-state index in [1.807, 2.05) is 26.0 Å². The fourth-order valence-corrected chi connectivity index (χ4v) is 2.23. The molecule has 1 N–H and O–H groups in total. The van der Waals surface area contributed by atoms with Gasteiger partial charge in [-0.3, -0.25) is 9.98 Å². The third-order valence-electron chi connectivity index (χ3n) is 3.18. The van der Waals surface area contributed by atoms with Crippen LogP contribution in [-0.2, 0) is 0 Å². The van der Waals surface area contributed by atoms with E-state index in [0.717, 1.165) is 16.6 Å². The highest BCUT2D eigenvalue weighted by Gasteiger charge is 2.10. The summed E-state index contributed by atoms with van der Waals surface area (Å²) in [5.41, 5.74) is 3.60. The lowest BCUT2D eigenvalue weighted by molar-refractivity contribution is 0.626. The number of fused-ring (bicyclic) bond motifs is 1. The fourth-order valence-electron chi connectivity index (χ4n) is 2.23. The molecule has 0 bridgehead atoms. The van der Waals surface area contributed by atoms with E-state index in [4.69, 9.17) is 0 Å². The molecule has 0 unspecified atom stereocenters. The van der Waals surface area contributed by atoms with Crippen LogP contribution in [0.25, 0.3) is 28.5 Å². The van der Waals surface area contributed by atoms with Gasteiger partial charge in [0.05, 0.1) is 11.4 Å². The molecule has 23 heavy (non-hydrogen) atoms. The van der Waals surface area contributed by atoms with Gasteiger partial charge >= 0.3 is 0 Å². The molecule has 118 valence electrons. The van der Waals surface area contributed by atoms with Crippen molar-refractivity contribution < 1.29 is 4.39 Å². The Morgan fingerprint density at radius 1 is 1.22 bits per heavy atom. The van der Waals surface area contributed by atoms with Crippen molar-refractivity contribution >= 4 is 23.3 Å². The van der Waals surface area contributed by atoms with Gasteiger partial charge in [-0.15, -0.1) is 0 Å². The fraction of sp³-hybridized carbons (Fsp3) is 0.167. The number of aliphatic imine (C=N–C) groups is 1. The van der Waals surface area contributed by atoms with E-state index >= 15 is 0 Å². The Labute approximate surface area is 134 Å². The number of nitrogens with one attached hydrogen (secondary N) is 1. The van der Waals surface area contributed by atoms with Gasteiger partial charge in [0, 0.05) is 42.2 Å². The first kappa shape index (κ1) is 16.5. The number of hydrogen-bond acceptors (Lipinski definition) is 3. The zero-order valence-electron chi connectivity index (χ0n) is 13.5. The molecule has 0 radical (unpaired) electrons. The maximum absolute atomic E-state index is 13.3. The number of hydrogen-bond donors (Lipinski definition) is 1. The highest BCUT2D eigenvalue weighted by molar-refractivity contribution is 6.02. The standard InChI is InChI=1S/C16H13FN4.C2H6/c1-3-13-12(9-18-2)11-4-5-14(21-16(11)20-13)15-8-10(17)6-7-19-15;1-2/h3-9H,1H2,2H3,(H,20,21);1-2H3. The molecule has 3 rings (SSSR count). The number of nitrogens with zero attached hydrogens (tertiary/aromatic N) is 3. The minimum absolute atomic E-state index is 0.334. The first-order chi connectivity index (χ1) is 11.2. The number of pyridine rings is 2. The second-order valence-corrected chi connectivity index (χ2v) is 4.50. The van der Waals surface area contributed by atoms with Crippen molar-refractivity contribution in [2.24, 2.45) is 4.99 Å². The number of aromatic nitrogens is 3. The molecule has 0 amide bonds. The highest BCUT2D eigenvalue weighted by atomic mass is 19.1. The van der Waals surface area contributed by atoms with Gasteiger partial charge in [0.2, 0.25) is 0 Å². The predicted molar refractivity (Wildman–Crippen MR) is 94.2 cm³/mol. The van der Waals surface area contributed by atoms with Crippen molar-refractivity contribution in [3.63, 3.8) is 0 Å². The number of rotatable bonds is 3. The molecule has 0 saturated carbocycles. The lowest BCUT2D eigenvalue weighted by Crippen LogP contribution is -1.89. The van der Waals surface area contributed by atoms with Crippen LogP contribution >= 0.6 is 0 Å². The van der Waals surface area contributed by atoms with Crippen molar-refractivity contribution in [3.8, 4) is 11.4 Å². The maximum Gasteiger partial charge on any atom is 0.139 e. The van der Waals surface area contributed by atoms with Gasteiger partial charge in [-0.2, -0.15) is 0 Å². The third kappa shape index (κ3) is 3.34. The van der Waals surface area contributed by atoms with Gasteiger partial charge in [-0.1, -0.05) is 20.4 Å². The molecule has 3 heterocycles. The van der Waals surface area contributed by atoms with Crippen molar-refractivity contribution in [3.05, 3.63) is 54.1 Å². The quantitative estimate of drug-likeness (QED) is 0.725. The first-order valence-electron chi connectivity index (χ1n) is 7.42. The van der Waals surface area contributed by atoms with E-state index in [1.165, 1.54) is 18.3 Å². The molecular formula is C18H19FN4. The van der Waals surface area contributed by atoms with E-state index in [-0.39, 0.29) is 5.82 Å². The summed E-state index contributed by atoms with van der Waals surface area (Å²) in [6, 6.07) is 6.41. The smallest absolute Gasteiger partial charge is 0.139 e. The number of halogens is 1. The molecule has 0 aliphatic carbocycles. The van der Waals surface area contributed by atoms with E-state index in [1.54, 1.807) is 19.3 Å². The van der Waals surface area contributed by atoms with E-state index in [2.05, 4.69) is 26.5 Å². The van der Waals surface area contributed by atoms with E-state index < -0.39 is 0 Å². The van der Waals surface area contributed by atoms with Crippen LogP contribution in [0.5, 0.6) is 0 Å². The molecule has 0 aromatic carbocycles. The lowest BCUT2D eigenvalue weighted by Gasteiger charge is -2.00. The van der Waals surface area contributed by atoms with Crippen LogP contribution in [0, 0.1) is 5.82 Å². The average molecular weight is 310 g/mol. The topological polar surface area (TPSA) is 53.9 Å². The molecule has 5 heteroatoms. The van der Waals surface area contributed by atoms with Crippen molar-refractivity contribution in [2.75, 3.05) is 7.05 Å². The van der Waals surface area contributed by atoms with Gasteiger partial charge in [0.25, 0.3) is 0 Å². The monoisotopic (exact) mass is 310 g/mol. The molecule has 0 aliphatic rings. The van der Waals surface area contributed by atoms with Crippen LogP contribution in [0.3, 0.4) is 0 Å². The Kier molecular flexibility index (Phi) is 5.36. The van der Waals surface area contributed by atoms with Crippen LogP contribution in [0.4, 0.5) is 4.39 Å². The minimum atomic E-state index is -0.334. The summed E-state index contributed by atoms with van der Waals surface area (Å²) in [6.07, 6.45) is 4.91. The molecule has 0 aliphatic heterocycles. The molecular weight excluding hydrogens is 291 g/mol. The minimum Gasteiger partial charge on any atom is -0.339 e. The zero-order valence-corrected chi connectivity index (χ0v) is 13.5. The van der Waals surface area contributed by atoms with Crippen molar-refractivity contribution in [2.45, 2.75) is 13.8 Å². The van der Waals surface area contributed by atoms with Crippen LogP contribution < -0.4 is 0 Å². The summed E-state index contributed by atoms with van der Waals surface area (Å²) < 4.78 is 13.3. The molecule has 4 nitrogen and oxygen atoms in total. The molecule has 0 spiro atoms. The second kappa shape index (κ2) is 7.45.